The van der Waals surface area contributed by atoms with Crippen molar-refractivity contribution < 1.29 is 22.3 Å². The Morgan fingerprint density at radius 2 is 1.90 bits per heavy atom. The molecule has 1 aliphatic rings. The van der Waals surface area contributed by atoms with Gasteiger partial charge in [-0.1, -0.05) is 6.07 Å². The Balaban J connectivity index is 2.08. The van der Waals surface area contributed by atoms with E-state index in [0.717, 1.165) is 18.2 Å². The molecule has 20 heavy (non-hydrogen) atoms. The van der Waals surface area contributed by atoms with E-state index in [1.54, 1.807) is 0 Å². The topological polar surface area (TPSA) is 25.4 Å². The summed E-state index contributed by atoms with van der Waals surface area (Å²) in [6.45, 7) is -0.348. The number of aromatic nitrogens is 1. The maximum Gasteiger partial charge on any atom is 0.324 e. The fourth-order valence-corrected chi connectivity index (χ4v) is 2.15. The van der Waals surface area contributed by atoms with Crippen LogP contribution >= 0.6 is 0 Å². The number of halogens is 4. The highest BCUT2D eigenvalue weighted by Gasteiger charge is 2.68. The summed E-state index contributed by atoms with van der Waals surface area (Å²) in [5.74, 6) is -5.39. The molecule has 6 heteroatoms. The normalized spacial score (nSPS) is 21.8. The predicted molar refractivity (Wildman–Crippen MR) is 62.1 cm³/mol. The van der Waals surface area contributed by atoms with Crippen molar-refractivity contribution >= 4 is 0 Å². The minimum Gasteiger partial charge on any atom is -0.357 e. The number of epoxide rings is 1. The smallest absolute Gasteiger partial charge is 0.324 e. The van der Waals surface area contributed by atoms with Gasteiger partial charge in [0.25, 0.3) is 0 Å². The van der Waals surface area contributed by atoms with E-state index in [1.165, 1.54) is 18.3 Å². The summed E-state index contributed by atoms with van der Waals surface area (Å²) in [5, 5.41) is 0. The van der Waals surface area contributed by atoms with Gasteiger partial charge in [0.2, 0.25) is 0 Å². The third kappa shape index (κ3) is 1.79. The van der Waals surface area contributed by atoms with Crippen molar-refractivity contribution in [2.24, 2.45) is 0 Å². The zero-order chi connectivity index (χ0) is 14.4. The van der Waals surface area contributed by atoms with Crippen LogP contribution in [0.25, 0.3) is 0 Å². The average Bonchev–Trinajstić information content (AvgIpc) is 3.21. The zero-order valence-corrected chi connectivity index (χ0v) is 10.1. The quantitative estimate of drug-likeness (QED) is 0.637. The van der Waals surface area contributed by atoms with Gasteiger partial charge in [0.1, 0.15) is 17.3 Å². The second-order valence-electron chi connectivity index (χ2n) is 4.53. The number of pyridine rings is 1. The average molecular weight is 283 g/mol. The van der Waals surface area contributed by atoms with Gasteiger partial charge in [0, 0.05) is 17.8 Å². The number of rotatable bonds is 3. The number of ether oxygens (including phenoxy) is 1. The number of alkyl halides is 2. The zero-order valence-electron chi connectivity index (χ0n) is 10.1. The van der Waals surface area contributed by atoms with Crippen LogP contribution in [0.1, 0.15) is 11.3 Å². The van der Waals surface area contributed by atoms with Crippen molar-refractivity contribution in [3.8, 4) is 0 Å². The van der Waals surface area contributed by atoms with E-state index in [2.05, 4.69) is 4.98 Å². The monoisotopic (exact) mass is 283 g/mol. The molecule has 2 nitrogen and oxygen atoms in total. The Morgan fingerprint density at radius 3 is 2.45 bits per heavy atom. The molecule has 0 aliphatic carbocycles. The van der Waals surface area contributed by atoms with E-state index in [-0.39, 0.29) is 12.2 Å². The number of hydrogen-bond acceptors (Lipinski definition) is 2. The number of nitrogens with zero attached hydrogens (tertiary/aromatic N) is 1. The lowest BCUT2D eigenvalue weighted by Gasteiger charge is -2.24. The molecule has 1 aromatic carbocycles. The Kier molecular flexibility index (Phi) is 2.79. The Bertz CT molecular complexity index is 641. The predicted octanol–water partition coefficient (Wildman–Crippen LogP) is 3.38. The first kappa shape index (κ1) is 13.1. The summed E-state index contributed by atoms with van der Waals surface area (Å²) >= 11 is 0. The maximum absolute atomic E-state index is 14.5. The molecule has 1 saturated heterocycles. The molecular weight excluding hydrogens is 274 g/mol. The van der Waals surface area contributed by atoms with Crippen molar-refractivity contribution in [3.63, 3.8) is 0 Å². The first-order valence-corrected chi connectivity index (χ1v) is 5.86. The molecule has 0 N–H and O–H groups in total. The van der Waals surface area contributed by atoms with Gasteiger partial charge in [0.15, 0.2) is 5.60 Å². The van der Waals surface area contributed by atoms with E-state index in [4.69, 9.17) is 4.74 Å². The number of benzene rings is 1. The van der Waals surface area contributed by atoms with Crippen LogP contribution in [0.4, 0.5) is 17.6 Å². The first-order valence-electron chi connectivity index (χ1n) is 5.86. The molecule has 0 saturated carbocycles. The molecule has 0 bridgehead atoms. The molecule has 1 aliphatic heterocycles. The highest BCUT2D eigenvalue weighted by Crippen LogP contribution is 2.56. The first-order chi connectivity index (χ1) is 9.47. The van der Waals surface area contributed by atoms with E-state index >= 15 is 0 Å². The summed E-state index contributed by atoms with van der Waals surface area (Å²) < 4.78 is 60.6. The second-order valence-corrected chi connectivity index (χ2v) is 4.53. The summed E-state index contributed by atoms with van der Waals surface area (Å²) in [6.07, 6.45) is 1.22. The van der Waals surface area contributed by atoms with Crippen LogP contribution in [0.5, 0.6) is 0 Å². The Hall–Kier alpha value is -1.95. The van der Waals surface area contributed by atoms with Crippen LogP contribution in [0, 0.1) is 11.6 Å². The van der Waals surface area contributed by atoms with Crippen LogP contribution in [0.2, 0.25) is 0 Å². The fraction of sp³-hybridized carbons (Fsp3) is 0.214. The van der Waals surface area contributed by atoms with Gasteiger partial charge >= 0.3 is 5.92 Å². The molecule has 0 amide bonds. The second kappa shape index (κ2) is 4.28. The van der Waals surface area contributed by atoms with E-state index in [0.29, 0.717) is 6.07 Å². The van der Waals surface area contributed by atoms with Gasteiger partial charge in [0.05, 0.1) is 6.61 Å². The summed E-state index contributed by atoms with van der Waals surface area (Å²) in [4.78, 5) is 3.60. The third-order valence-electron chi connectivity index (χ3n) is 3.29. The van der Waals surface area contributed by atoms with Crippen molar-refractivity contribution in [1.82, 2.24) is 4.98 Å². The molecule has 0 spiro atoms. The van der Waals surface area contributed by atoms with Crippen molar-refractivity contribution in [2.75, 3.05) is 6.61 Å². The third-order valence-corrected chi connectivity index (χ3v) is 3.29. The largest absolute Gasteiger partial charge is 0.357 e. The maximum atomic E-state index is 14.5. The van der Waals surface area contributed by atoms with Gasteiger partial charge in [-0.05, 0) is 24.3 Å². The van der Waals surface area contributed by atoms with Gasteiger partial charge in [-0.2, -0.15) is 8.78 Å². The minimum atomic E-state index is -3.51. The lowest BCUT2D eigenvalue weighted by Crippen LogP contribution is -2.34. The highest BCUT2D eigenvalue weighted by atomic mass is 19.3. The van der Waals surface area contributed by atoms with Gasteiger partial charge < -0.3 is 4.74 Å². The van der Waals surface area contributed by atoms with E-state index in [1.807, 2.05) is 0 Å². The lowest BCUT2D eigenvalue weighted by molar-refractivity contribution is -0.0901. The molecule has 104 valence electrons. The van der Waals surface area contributed by atoms with Gasteiger partial charge in [-0.15, -0.1) is 0 Å². The van der Waals surface area contributed by atoms with Gasteiger partial charge in [-0.25, -0.2) is 8.78 Å². The fourth-order valence-electron chi connectivity index (χ4n) is 2.15. The molecule has 1 fully saturated rings. The molecular formula is C14H9F4NO. The van der Waals surface area contributed by atoms with E-state index in [9.17, 15) is 17.6 Å². The Morgan fingerprint density at radius 1 is 1.15 bits per heavy atom. The number of hydrogen-bond donors (Lipinski definition) is 0. The van der Waals surface area contributed by atoms with Crippen LogP contribution in [0.3, 0.4) is 0 Å². The summed E-state index contributed by atoms with van der Waals surface area (Å²) in [5.41, 5.74) is -2.99. The van der Waals surface area contributed by atoms with Crippen LogP contribution in [-0.2, 0) is 16.3 Å². The molecule has 1 unspecified atom stereocenters. The van der Waals surface area contributed by atoms with Crippen LogP contribution in [0.15, 0.2) is 42.6 Å². The van der Waals surface area contributed by atoms with Gasteiger partial charge in [-0.3, -0.25) is 4.98 Å². The standard InChI is InChI=1S/C14H9F4NO/c15-9-4-5-10(11(16)7-9)13(8-20-13)14(17,18)12-3-1-2-6-19-12/h1-7H,8H2. The SMILES string of the molecule is Fc1ccc(C2(C(F)(F)c3ccccn3)CO2)c(F)c1. The van der Waals surface area contributed by atoms with Crippen LogP contribution in [-0.4, -0.2) is 11.6 Å². The van der Waals surface area contributed by atoms with Crippen molar-refractivity contribution in [1.29, 1.82) is 0 Å². The van der Waals surface area contributed by atoms with Crippen molar-refractivity contribution in [2.45, 2.75) is 11.5 Å². The van der Waals surface area contributed by atoms with E-state index < -0.39 is 28.9 Å². The van der Waals surface area contributed by atoms with Crippen LogP contribution < -0.4 is 0 Å². The van der Waals surface area contributed by atoms with Crippen molar-refractivity contribution in [3.05, 3.63) is 65.5 Å². The molecule has 3 rings (SSSR count). The summed E-state index contributed by atoms with van der Waals surface area (Å²) in [6, 6.07) is 6.52. The highest BCUT2D eigenvalue weighted by molar-refractivity contribution is 5.35. The molecule has 2 aromatic rings. The molecule has 2 heterocycles. The molecule has 1 aromatic heterocycles. The summed E-state index contributed by atoms with van der Waals surface area (Å²) in [7, 11) is 0. The minimum absolute atomic E-state index is 0.348. The Labute approximate surface area is 112 Å². The molecule has 0 radical (unpaired) electrons. The molecule has 1 atom stereocenters. The lowest BCUT2D eigenvalue weighted by atomic mass is 9.90.